The molecule has 0 amide bonds. The Morgan fingerprint density at radius 2 is 2.13 bits per heavy atom. The van der Waals surface area contributed by atoms with Gasteiger partial charge >= 0.3 is 0 Å². The average Bonchev–Trinajstić information content (AvgIpc) is 2.48. The van der Waals surface area contributed by atoms with Crippen molar-refractivity contribution in [3.63, 3.8) is 0 Å². The van der Waals surface area contributed by atoms with E-state index in [0.29, 0.717) is 6.04 Å². The number of nitrogens with one attached hydrogen (secondary N) is 1. The molecular weight excluding hydrogens is 186 g/mol. The van der Waals surface area contributed by atoms with Crippen molar-refractivity contribution in [2.75, 3.05) is 0 Å². The molecule has 1 aromatic heterocycles. The minimum atomic E-state index is 0.711. The van der Waals surface area contributed by atoms with Gasteiger partial charge in [-0.2, -0.15) is 0 Å². The second kappa shape index (κ2) is 4.40. The Morgan fingerprint density at radius 3 is 2.67 bits per heavy atom. The third kappa shape index (κ3) is 2.63. The first-order valence-corrected chi connectivity index (χ1v) is 5.94. The second-order valence-electron chi connectivity index (χ2n) is 5.07. The zero-order chi connectivity index (χ0) is 10.8. The van der Waals surface area contributed by atoms with E-state index in [0.717, 1.165) is 29.9 Å². The van der Waals surface area contributed by atoms with Crippen LogP contribution in [0.1, 0.15) is 38.2 Å². The fourth-order valence-electron chi connectivity index (χ4n) is 2.20. The van der Waals surface area contributed by atoms with E-state index in [2.05, 4.69) is 25.2 Å². The largest absolute Gasteiger partial charge is 0.465 e. The summed E-state index contributed by atoms with van der Waals surface area (Å²) in [6.07, 6.45) is 2.66. The Bertz CT molecular complexity index is 310. The van der Waals surface area contributed by atoms with E-state index >= 15 is 0 Å². The molecule has 1 heterocycles. The van der Waals surface area contributed by atoms with Gasteiger partial charge in [0.25, 0.3) is 0 Å². The van der Waals surface area contributed by atoms with Gasteiger partial charge in [-0.1, -0.05) is 13.8 Å². The first kappa shape index (κ1) is 10.7. The minimum absolute atomic E-state index is 0.711. The summed E-state index contributed by atoms with van der Waals surface area (Å²) in [4.78, 5) is 0. The molecule has 0 atom stereocenters. The normalized spacial score (nSPS) is 25.6. The Labute approximate surface area is 92.1 Å². The molecule has 15 heavy (non-hydrogen) atoms. The number of furan rings is 1. The van der Waals surface area contributed by atoms with Gasteiger partial charge in [-0.15, -0.1) is 0 Å². The van der Waals surface area contributed by atoms with Crippen LogP contribution in [0.5, 0.6) is 0 Å². The summed E-state index contributed by atoms with van der Waals surface area (Å²) < 4.78 is 5.51. The van der Waals surface area contributed by atoms with E-state index in [1.165, 1.54) is 12.8 Å². The molecule has 84 valence electrons. The lowest BCUT2D eigenvalue weighted by atomic mass is 9.74. The van der Waals surface area contributed by atoms with Gasteiger partial charge < -0.3 is 9.73 Å². The van der Waals surface area contributed by atoms with Gasteiger partial charge in [0, 0.05) is 6.04 Å². The van der Waals surface area contributed by atoms with Crippen molar-refractivity contribution in [3.8, 4) is 0 Å². The topological polar surface area (TPSA) is 25.2 Å². The van der Waals surface area contributed by atoms with Crippen LogP contribution in [0.3, 0.4) is 0 Å². The van der Waals surface area contributed by atoms with Crippen LogP contribution in [0.4, 0.5) is 0 Å². The van der Waals surface area contributed by atoms with Crippen molar-refractivity contribution < 1.29 is 4.42 Å². The van der Waals surface area contributed by atoms with Crippen LogP contribution >= 0.6 is 0 Å². The van der Waals surface area contributed by atoms with E-state index in [1.54, 1.807) is 0 Å². The van der Waals surface area contributed by atoms with Crippen molar-refractivity contribution in [3.05, 3.63) is 23.7 Å². The Kier molecular flexibility index (Phi) is 3.15. The molecule has 0 spiro atoms. The zero-order valence-corrected chi connectivity index (χ0v) is 9.92. The summed E-state index contributed by atoms with van der Waals surface area (Å²) in [5.41, 5.74) is 0. The fraction of sp³-hybridized carbons (Fsp3) is 0.692. The summed E-state index contributed by atoms with van der Waals surface area (Å²) in [5, 5.41) is 3.54. The number of hydrogen-bond donors (Lipinski definition) is 1. The first-order chi connectivity index (χ1) is 7.15. The van der Waals surface area contributed by atoms with Crippen molar-refractivity contribution >= 4 is 0 Å². The number of aryl methyl sites for hydroxylation is 1. The average molecular weight is 207 g/mol. The molecule has 1 aromatic rings. The highest BCUT2D eigenvalue weighted by Gasteiger charge is 2.30. The van der Waals surface area contributed by atoms with Crippen molar-refractivity contribution in [1.29, 1.82) is 0 Å². The SMILES string of the molecule is Cc1ccc(CNC2CC(C(C)C)C2)o1. The zero-order valence-electron chi connectivity index (χ0n) is 9.92. The summed E-state index contributed by atoms with van der Waals surface area (Å²) in [5.74, 6) is 3.83. The van der Waals surface area contributed by atoms with Gasteiger partial charge in [0.15, 0.2) is 0 Å². The van der Waals surface area contributed by atoms with Crippen LogP contribution in [-0.2, 0) is 6.54 Å². The Hall–Kier alpha value is -0.760. The molecule has 2 nitrogen and oxygen atoms in total. The number of hydrogen-bond acceptors (Lipinski definition) is 2. The van der Waals surface area contributed by atoms with Gasteiger partial charge in [0.2, 0.25) is 0 Å². The molecule has 0 bridgehead atoms. The molecule has 0 aliphatic heterocycles. The maximum absolute atomic E-state index is 5.51. The summed E-state index contributed by atoms with van der Waals surface area (Å²) in [7, 11) is 0. The molecule has 1 N–H and O–H groups in total. The molecule has 2 heteroatoms. The molecule has 1 aliphatic carbocycles. The summed E-state index contributed by atoms with van der Waals surface area (Å²) in [6, 6.07) is 4.79. The molecule has 0 saturated heterocycles. The van der Waals surface area contributed by atoms with Crippen LogP contribution in [0, 0.1) is 18.8 Å². The van der Waals surface area contributed by atoms with Crippen molar-refractivity contribution in [2.45, 2.75) is 46.2 Å². The molecule has 0 unspecified atom stereocenters. The van der Waals surface area contributed by atoms with E-state index in [-0.39, 0.29) is 0 Å². The lowest BCUT2D eigenvalue weighted by molar-refractivity contribution is 0.165. The predicted molar refractivity (Wildman–Crippen MR) is 61.6 cm³/mol. The Balaban J connectivity index is 1.68. The lowest BCUT2D eigenvalue weighted by Crippen LogP contribution is -2.42. The highest BCUT2D eigenvalue weighted by molar-refractivity contribution is 5.05. The molecule has 0 radical (unpaired) electrons. The fourth-order valence-corrected chi connectivity index (χ4v) is 2.20. The van der Waals surface area contributed by atoms with E-state index < -0.39 is 0 Å². The molecule has 1 saturated carbocycles. The first-order valence-electron chi connectivity index (χ1n) is 5.94. The predicted octanol–water partition coefficient (Wildman–Crippen LogP) is 3.11. The molecular formula is C13H21NO. The van der Waals surface area contributed by atoms with E-state index in [9.17, 15) is 0 Å². The maximum atomic E-state index is 5.51. The van der Waals surface area contributed by atoms with Gasteiger partial charge in [0.1, 0.15) is 11.5 Å². The van der Waals surface area contributed by atoms with Crippen LogP contribution in [-0.4, -0.2) is 6.04 Å². The monoisotopic (exact) mass is 207 g/mol. The summed E-state index contributed by atoms with van der Waals surface area (Å²) in [6.45, 7) is 7.50. The molecule has 2 rings (SSSR count). The molecule has 0 aromatic carbocycles. The van der Waals surface area contributed by atoms with Gasteiger partial charge in [-0.05, 0) is 43.7 Å². The molecule has 1 fully saturated rings. The van der Waals surface area contributed by atoms with Crippen LogP contribution in [0.25, 0.3) is 0 Å². The second-order valence-corrected chi connectivity index (χ2v) is 5.07. The minimum Gasteiger partial charge on any atom is -0.465 e. The standard InChI is InChI=1S/C13H21NO/c1-9(2)11-6-12(7-11)14-8-13-5-4-10(3)15-13/h4-5,9,11-12,14H,6-8H2,1-3H3. The van der Waals surface area contributed by atoms with Gasteiger partial charge in [-0.25, -0.2) is 0 Å². The number of rotatable bonds is 4. The van der Waals surface area contributed by atoms with Crippen LogP contribution < -0.4 is 5.32 Å². The highest BCUT2D eigenvalue weighted by Crippen LogP contribution is 2.33. The lowest BCUT2D eigenvalue weighted by Gasteiger charge is -2.38. The highest BCUT2D eigenvalue weighted by atomic mass is 16.3. The van der Waals surface area contributed by atoms with E-state index in [4.69, 9.17) is 4.42 Å². The third-order valence-corrected chi connectivity index (χ3v) is 3.48. The smallest absolute Gasteiger partial charge is 0.117 e. The third-order valence-electron chi connectivity index (χ3n) is 3.48. The van der Waals surface area contributed by atoms with Crippen molar-refractivity contribution in [2.24, 2.45) is 11.8 Å². The van der Waals surface area contributed by atoms with Gasteiger partial charge in [-0.3, -0.25) is 0 Å². The summed E-state index contributed by atoms with van der Waals surface area (Å²) >= 11 is 0. The quantitative estimate of drug-likeness (QED) is 0.820. The van der Waals surface area contributed by atoms with E-state index in [1.807, 2.05) is 13.0 Å². The van der Waals surface area contributed by atoms with Crippen LogP contribution in [0.2, 0.25) is 0 Å². The van der Waals surface area contributed by atoms with Gasteiger partial charge in [0.05, 0.1) is 6.54 Å². The van der Waals surface area contributed by atoms with Crippen LogP contribution in [0.15, 0.2) is 16.5 Å². The van der Waals surface area contributed by atoms with Crippen molar-refractivity contribution in [1.82, 2.24) is 5.32 Å². The molecule has 1 aliphatic rings. The Morgan fingerprint density at radius 1 is 1.40 bits per heavy atom. The maximum Gasteiger partial charge on any atom is 0.117 e.